The molecule has 1 aliphatic carbocycles. The molecule has 3 aromatic carbocycles. The average Bonchev–Trinajstić information content (AvgIpc) is 3.71. The van der Waals surface area contributed by atoms with E-state index in [4.69, 9.17) is 15.6 Å². The number of anilines is 2. The van der Waals surface area contributed by atoms with Crippen LogP contribution in [-0.4, -0.2) is 58.5 Å². The van der Waals surface area contributed by atoms with E-state index in [1.54, 1.807) is 6.07 Å². The molecule has 4 aromatic rings. The Kier molecular flexibility index (Phi) is 9.26. The molecule has 11 nitrogen and oxygen atoms in total. The fourth-order valence-corrected chi connectivity index (χ4v) is 6.29. The molecule has 1 aliphatic heterocycles. The van der Waals surface area contributed by atoms with Gasteiger partial charge in [0.05, 0.1) is 19.3 Å². The molecule has 1 aromatic heterocycles. The third kappa shape index (κ3) is 7.15. The number of benzene rings is 3. The maximum absolute atomic E-state index is 13.5. The number of hydrogen-bond donors (Lipinski definition) is 4. The first-order chi connectivity index (χ1) is 22.7. The van der Waals surface area contributed by atoms with Crippen LogP contribution in [-0.2, 0) is 16.1 Å². The number of carboxylic acids is 1. The zero-order chi connectivity index (χ0) is 33.1. The number of aromatic nitrogens is 2. The second-order valence-corrected chi connectivity index (χ2v) is 12.3. The molecule has 47 heavy (non-hydrogen) atoms. The van der Waals surface area contributed by atoms with E-state index < -0.39 is 18.0 Å². The number of aliphatic carboxylic acids is 1. The number of hydrogen-bond acceptors (Lipinski definition) is 6. The number of carbonyl (C=O) groups excluding carboxylic acids is 2. The van der Waals surface area contributed by atoms with Crippen molar-refractivity contribution in [2.45, 2.75) is 51.6 Å². The number of nitrogens with two attached hydrogens (primary N) is 1. The van der Waals surface area contributed by atoms with Gasteiger partial charge in [-0.1, -0.05) is 36.4 Å². The lowest BCUT2D eigenvalue weighted by Gasteiger charge is -2.30. The largest absolute Gasteiger partial charge is 0.493 e. The zero-order valence-corrected chi connectivity index (χ0v) is 26.6. The third-order valence-corrected chi connectivity index (χ3v) is 9.05. The minimum Gasteiger partial charge on any atom is -0.493 e. The van der Waals surface area contributed by atoms with Crippen molar-refractivity contribution in [3.63, 3.8) is 0 Å². The number of nitrogens with zero attached hydrogens (tertiary/aromatic N) is 3. The van der Waals surface area contributed by atoms with Crippen LogP contribution in [0.1, 0.15) is 47.4 Å². The van der Waals surface area contributed by atoms with Gasteiger partial charge >= 0.3 is 12.0 Å². The molecule has 0 bridgehead atoms. The number of fused-ring (bicyclic) bond motifs is 3. The van der Waals surface area contributed by atoms with Gasteiger partial charge in [-0.05, 0) is 90.6 Å². The molecule has 244 valence electrons. The Morgan fingerprint density at radius 3 is 2.72 bits per heavy atom. The number of rotatable bonds is 12. The van der Waals surface area contributed by atoms with Crippen molar-refractivity contribution in [1.29, 1.82) is 0 Å². The zero-order valence-electron chi connectivity index (χ0n) is 26.6. The smallest absolute Gasteiger partial charge is 0.327 e. The molecule has 2 heterocycles. The van der Waals surface area contributed by atoms with Crippen molar-refractivity contribution in [3.8, 4) is 16.9 Å². The van der Waals surface area contributed by atoms with Crippen LogP contribution in [0.25, 0.3) is 11.1 Å². The van der Waals surface area contributed by atoms with Crippen molar-refractivity contribution in [2.75, 3.05) is 29.9 Å². The molecule has 6 rings (SSSR count). The highest BCUT2D eigenvalue weighted by atomic mass is 16.5. The highest BCUT2D eigenvalue weighted by molar-refractivity contribution is 5.97. The molecule has 0 spiro atoms. The summed E-state index contributed by atoms with van der Waals surface area (Å²) < 4.78 is 7.84. The molecule has 2 aliphatic rings. The monoisotopic (exact) mass is 636 g/mol. The van der Waals surface area contributed by atoms with Crippen LogP contribution in [0.5, 0.6) is 5.75 Å². The lowest BCUT2D eigenvalue weighted by molar-refractivity contribution is -0.138. The summed E-state index contributed by atoms with van der Waals surface area (Å²) in [5.74, 6) is 0.707. The fourth-order valence-electron chi connectivity index (χ4n) is 6.29. The summed E-state index contributed by atoms with van der Waals surface area (Å²) in [5, 5.41) is 18.8. The van der Waals surface area contributed by atoms with Gasteiger partial charge in [-0.25, -0.2) is 9.59 Å². The minimum absolute atomic E-state index is 0.123. The van der Waals surface area contributed by atoms with E-state index in [0.717, 1.165) is 46.7 Å². The van der Waals surface area contributed by atoms with E-state index in [-0.39, 0.29) is 12.5 Å². The summed E-state index contributed by atoms with van der Waals surface area (Å²) in [6, 6.07) is 17.7. The molecule has 0 saturated heterocycles. The lowest BCUT2D eigenvalue weighted by Crippen LogP contribution is -2.47. The van der Waals surface area contributed by atoms with Gasteiger partial charge in [0.25, 0.3) is 0 Å². The second kappa shape index (κ2) is 13.7. The molecule has 3 amide bonds. The fraction of sp³-hybridized carbons (Fsp3) is 0.333. The standard InChI is InChI=1S/C36H40N6O5/c1-22-7-3-12-32(23(22)2)47-14-6-13-33(43)42-21-25-16-29(25)34-28(10-5-11-31(34)42)26-18-38-41(20-26)19-24-8-4-9-27(15-24)39-36(46)40-30(17-37)35(44)45/h3-5,7-12,15,18,20,25,29-30H,6,13-14,16-17,19,21,37H2,1-2H3,(H,44,45)(H2,39,40,46)/t25-,29-,30-/m0/s1. The third-order valence-electron chi connectivity index (χ3n) is 9.05. The Bertz CT molecular complexity index is 1800. The van der Waals surface area contributed by atoms with Crippen LogP contribution >= 0.6 is 0 Å². The normalized spacial score (nSPS) is 16.9. The molecule has 3 atom stereocenters. The number of aryl methyl sites for hydroxylation is 1. The van der Waals surface area contributed by atoms with E-state index >= 15 is 0 Å². The number of ether oxygens (including phenoxy) is 1. The number of urea groups is 1. The molecular formula is C36H40N6O5. The Morgan fingerprint density at radius 2 is 1.91 bits per heavy atom. The highest BCUT2D eigenvalue weighted by Gasteiger charge is 2.47. The molecular weight excluding hydrogens is 596 g/mol. The highest BCUT2D eigenvalue weighted by Crippen LogP contribution is 2.57. The van der Waals surface area contributed by atoms with Gasteiger partial charge < -0.3 is 31.1 Å². The first-order valence-corrected chi connectivity index (χ1v) is 16.0. The summed E-state index contributed by atoms with van der Waals surface area (Å²) >= 11 is 0. The second-order valence-electron chi connectivity index (χ2n) is 12.3. The van der Waals surface area contributed by atoms with Crippen molar-refractivity contribution < 1.29 is 24.2 Å². The van der Waals surface area contributed by atoms with Crippen LogP contribution in [0, 0.1) is 19.8 Å². The molecule has 11 heteroatoms. The topological polar surface area (TPSA) is 152 Å². The van der Waals surface area contributed by atoms with Crippen LogP contribution in [0.3, 0.4) is 0 Å². The Balaban J connectivity index is 1.11. The summed E-state index contributed by atoms with van der Waals surface area (Å²) in [6.07, 6.45) is 6.00. The molecule has 5 N–H and O–H groups in total. The maximum Gasteiger partial charge on any atom is 0.327 e. The first kappa shape index (κ1) is 31.8. The van der Waals surface area contributed by atoms with Crippen LogP contribution in [0.2, 0.25) is 0 Å². The van der Waals surface area contributed by atoms with Crippen LogP contribution in [0.15, 0.2) is 73.1 Å². The van der Waals surface area contributed by atoms with Crippen molar-refractivity contribution in [3.05, 3.63) is 95.3 Å². The van der Waals surface area contributed by atoms with Gasteiger partial charge in [0.15, 0.2) is 0 Å². The van der Waals surface area contributed by atoms with Gasteiger partial charge in [0.1, 0.15) is 11.8 Å². The molecule has 1 saturated carbocycles. The van der Waals surface area contributed by atoms with Gasteiger partial charge in [-0.3, -0.25) is 9.48 Å². The number of carboxylic acid groups (broad SMARTS) is 1. The summed E-state index contributed by atoms with van der Waals surface area (Å²) in [5.41, 5.74) is 13.5. The summed E-state index contributed by atoms with van der Waals surface area (Å²) in [4.78, 5) is 38.9. The van der Waals surface area contributed by atoms with Crippen molar-refractivity contribution in [2.24, 2.45) is 11.7 Å². The lowest BCUT2D eigenvalue weighted by atomic mass is 9.92. The summed E-state index contributed by atoms with van der Waals surface area (Å²) in [6.45, 7) is 5.62. The average molecular weight is 637 g/mol. The van der Waals surface area contributed by atoms with Crippen molar-refractivity contribution >= 4 is 29.3 Å². The minimum atomic E-state index is -1.20. The molecule has 1 fully saturated rings. The predicted octanol–water partition coefficient (Wildman–Crippen LogP) is 5.06. The van der Waals surface area contributed by atoms with Gasteiger partial charge in [-0.2, -0.15) is 5.10 Å². The van der Waals surface area contributed by atoms with E-state index in [9.17, 15) is 14.4 Å². The quantitative estimate of drug-likeness (QED) is 0.159. The van der Waals surface area contributed by atoms with E-state index in [0.29, 0.717) is 43.5 Å². The van der Waals surface area contributed by atoms with Crippen molar-refractivity contribution in [1.82, 2.24) is 15.1 Å². The SMILES string of the molecule is Cc1cccc(OCCCC(=O)N2C[C@@H]3C[C@@H]3c3c(-c4cnn(Cc5cccc(NC(=O)N[C@@H](CN)C(=O)O)c5)c4)cccc32)c1C. The maximum atomic E-state index is 13.5. The summed E-state index contributed by atoms with van der Waals surface area (Å²) in [7, 11) is 0. The Hall–Kier alpha value is -5.16. The van der Waals surface area contributed by atoms with Gasteiger partial charge in [0, 0.05) is 42.6 Å². The van der Waals surface area contributed by atoms with E-state index in [2.05, 4.69) is 47.8 Å². The predicted molar refractivity (Wildman–Crippen MR) is 180 cm³/mol. The van der Waals surface area contributed by atoms with E-state index in [1.165, 1.54) is 11.1 Å². The Labute approximate surface area is 273 Å². The van der Waals surface area contributed by atoms with Gasteiger partial charge in [0.2, 0.25) is 5.91 Å². The molecule has 0 unspecified atom stereocenters. The number of nitrogens with one attached hydrogen (secondary N) is 2. The number of carbonyl (C=O) groups is 3. The molecule has 0 radical (unpaired) electrons. The Morgan fingerprint density at radius 1 is 1.11 bits per heavy atom. The van der Waals surface area contributed by atoms with E-state index in [1.807, 2.05) is 58.4 Å². The van der Waals surface area contributed by atoms with Gasteiger partial charge in [-0.15, -0.1) is 0 Å². The van der Waals surface area contributed by atoms with Crippen LogP contribution in [0.4, 0.5) is 16.2 Å². The number of amides is 3. The first-order valence-electron chi connectivity index (χ1n) is 16.0. The van der Waals surface area contributed by atoms with Crippen LogP contribution < -0.4 is 26.0 Å².